The van der Waals surface area contributed by atoms with Gasteiger partial charge in [0.15, 0.2) is 0 Å². The Hall–Kier alpha value is -3.61. The number of hydrogen-bond donors (Lipinski definition) is 3. The first-order chi connectivity index (χ1) is 15.9. The molecule has 0 spiro atoms. The Bertz CT molecular complexity index is 1040. The summed E-state index contributed by atoms with van der Waals surface area (Å²) in [7, 11) is 0. The smallest absolute Gasteiger partial charge is 0.407 e. The van der Waals surface area contributed by atoms with E-state index in [1.807, 2.05) is 24.3 Å². The van der Waals surface area contributed by atoms with Crippen LogP contribution in [0.25, 0.3) is 11.1 Å². The number of benzene rings is 2. The first kappa shape index (κ1) is 22.6. The fourth-order valence-corrected chi connectivity index (χ4v) is 4.33. The number of carbonyl (C=O) groups excluding carboxylic acids is 2. The normalized spacial score (nSPS) is 15.8. The van der Waals surface area contributed by atoms with E-state index in [4.69, 9.17) is 9.84 Å². The molecule has 7 heteroatoms. The zero-order chi connectivity index (χ0) is 23.4. The average Bonchev–Trinajstić information content (AvgIpc) is 3.60. The highest BCUT2D eigenvalue weighted by atomic mass is 16.5. The molecule has 2 aromatic carbocycles. The zero-order valence-corrected chi connectivity index (χ0v) is 18.5. The minimum Gasteiger partial charge on any atom is -0.481 e. The second kappa shape index (κ2) is 9.90. The van der Waals surface area contributed by atoms with Crippen molar-refractivity contribution in [1.82, 2.24) is 10.6 Å². The molecule has 0 heterocycles. The topological polar surface area (TPSA) is 105 Å². The third-order valence-corrected chi connectivity index (χ3v) is 6.26. The number of carboxylic acids is 1. The Morgan fingerprint density at radius 1 is 1.06 bits per heavy atom. The lowest BCUT2D eigenvalue weighted by Crippen LogP contribution is -2.38. The Morgan fingerprint density at radius 2 is 1.67 bits per heavy atom. The zero-order valence-electron chi connectivity index (χ0n) is 18.5. The number of amides is 2. The van der Waals surface area contributed by atoms with Crippen LogP contribution in [-0.2, 0) is 14.3 Å². The van der Waals surface area contributed by atoms with E-state index in [9.17, 15) is 14.4 Å². The molecular formula is C26H28N2O5. The molecule has 0 aromatic heterocycles. The van der Waals surface area contributed by atoms with Crippen LogP contribution in [-0.4, -0.2) is 42.3 Å². The van der Waals surface area contributed by atoms with Crippen LogP contribution < -0.4 is 10.6 Å². The van der Waals surface area contributed by atoms with Crippen molar-refractivity contribution in [2.24, 2.45) is 5.92 Å². The number of fused-ring (bicyclic) bond motifs is 3. The molecule has 2 aromatic rings. The van der Waals surface area contributed by atoms with Gasteiger partial charge in [0.25, 0.3) is 0 Å². The Kier molecular flexibility index (Phi) is 6.77. The summed E-state index contributed by atoms with van der Waals surface area (Å²) in [6.45, 7) is 2.00. The van der Waals surface area contributed by atoms with Gasteiger partial charge in [0.2, 0.25) is 5.91 Å². The summed E-state index contributed by atoms with van der Waals surface area (Å²) in [5, 5.41) is 14.5. The lowest BCUT2D eigenvalue weighted by atomic mass is 9.98. The van der Waals surface area contributed by atoms with Gasteiger partial charge in [-0.1, -0.05) is 54.6 Å². The van der Waals surface area contributed by atoms with Gasteiger partial charge in [0.1, 0.15) is 6.61 Å². The van der Waals surface area contributed by atoms with Crippen LogP contribution in [0.1, 0.15) is 43.2 Å². The van der Waals surface area contributed by atoms with Gasteiger partial charge in [-0.25, -0.2) is 4.79 Å². The quantitative estimate of drug-likeness (QED) is 0.506. The van der Waals surface area contributed by atoms with Crippen LogP contribution >= 0.6 is 0 Å². The highest BCUT2D eigenvalue weighted by Crippen LogP contribution is 2.44. The summed E-state index contributed by atoms with van der Waals surface area (Å²) in [6.07, 6.45) is 2.83. The van der Waals surface area contributed by atoms with Gasteiger partial charge >= 0.3 is 12.1 Å². The number of nitrogens with one attached hydrogen (secondary N) is 2. The molecule has 4 rings (SSSR count). The van der Waals surface area contributed by atoms with Gasteiger partial charge in [0, 0.05) is 24.1 Å². The first-order valence-electron chi connectivity index (χ1n) is 11.2. The lowest BCUT2D eigenvalue weighted by molar-refractivity contribution is -0.137. The summed E-state index contributed by atoms with van der Waals surface area (Å²) in [5.41, 5.74) is 5.04. The average molecular weight is 449 g/mol. The maximum absolute atomic E-state index is 12.4. The monoisotopic (exact) mass is 448 g/mol. The van der Waals surface area contributed by atoms with E-state index in [1.54, 1.807) is 13.0 Å². The largest absolute Gasteiger partial charge is 0.481 e. The fourth-order valence-electron chi connectivity index (χ4n) is 4.33. The van der Waals surface area contributed by atoms with Crippen molar-refractivity contribution in [1.29, 1.82) is 0 Å². The summed E-state index contributed by atoms with van der Waals surface area (Å²) in [4.78, 5) is 35.6. The van der Waals surface area contributed by atoms with E-state index in [1.165, 1.54) is 11.1 Å². The van der Waals surface area contributed by atoms with Crippen LogP contribution in [0, 0.1) is 5.92 Å². The maximum Gasteiger partial charge on any atom is 0.407 e. The lowest BCUT2D eigenvalue weighted by Gasteiger charge is -2.16. The molecule has 172 valence electrons. The summed E-state index contributed by atoms with van der Waals surface area (Å²) >= 11 is 0. The highest BCUT2D eigenvalue weighted by Gasteiger charge is 2.34. The van der Waals surface area contributed by atoms with Gasteiger partial charge in [0.05, 0.1) is 6.42 Å². The molecule has 2 amide bonds. The fraction of sp³-hybridized carbons (Fsp3) is 0.346. The standard InChI is InChI=1S/C26H28N2O5/c1-16(25(31)28-23(14-24(29)30)17-10-11-17)12-13-27-26(32)33-15-22-20-8-4-2-6-18(20)19-7-3-5-9-21(19)22/h2-9,12,17,22-23H,10-11,13-15H2,1H3,(H,27,32)(H,28,31)(H,29,30)/b16-12+. The molecule has 0 saturated heterocycles. The van der Waals surface area contributed by atoms with E-state index in [0.29, 0.717) is 5.57 Å². The summed E-state index contributed by atoms with van der Waals surface area (Å²) < 4.78 is 5.48. The summed E-state index contributed by atoms with van der Waals surface area (Å²) in [5.74, 6) is -1.02. The summed E-state index contributed by atoms with van der Waals surface area (Å²) in [6, 6.07) is 15.9. The molecule has 2 aliphatic rings. The van der Waals surface area contributed by atoms with Crippen molar-refractivity contribution < 1.29 is 24.2 Å². The second-order valence-electron chi connectivity index (χ2n) is 8.61. The van der Waals surface area contributed by atoms with Crippen LogP contribution in [0.3, 0.4) is 0 Å². The molecule has 0 bridgehead atoms. The van der Waals surface area contributed by atoms with Crippen molar-refractivity contribution >= 4 is 18.0 Å². The molecule has 1 saturated carbocycles. The molecule has 1 fully saturated rings. The first-order valence-corrected chi connectivity index (χ1v) is 11.2. The van der Waals surface area contributed by atoms with Crippen molar-refractivity contribution in [2.75, 3.05) is 13.2 Å². The molecule has 33 heavy (non-hydrogen) atoms. The molecule has 0 aliphatic heterocycles. The number of ether oxygens (including phenoxy) is 1. The number of rotatable bonds is 9. The van der Waals surface area contributed by atoms with E-state index in [2.05, 4.69) is 34.9 Å². The number of hydrogen-bond acceptors (Lipinski definition) is 4. The minimum atomic E-state index is -0.925. The minimum absolute atomic E-state index is 0.0141. The van der Waals surface area contributed by atoms with Crippen molar-refractivity contribution in [3.8, 4) is 11.1 Å². The Balaban J connectivity index is 1.27. The van der Waals surface area contributed by atoms with Gasteiger partial charge < -0.3 is 20.5 Å². The number of carbonyl (C=O) groups is 3. The van der Waals surface area contributed by atoms with Gasteiger partial charge in [-0.2, -0.15) is 0 Å². The highest BCUT2D eigenvalue weighted by molar-refractivity contribution is 5.93. The van der Waals surface area contributed by atoms with E-state index in [-0.39, 0.29) is 43.4 Å². The molecule has 0 radical (unpaired) electrons. The van der Waals surface area contributed by atoms with Gasteiger partial charge in [-0.05, 0) is 47.9 Å². The van der Waals surface area contributed by atoms with Gasteiger partial charge in [-0.3, -0.25) is 9.59 Å². The molecule has 2 aliphatic carbocycles. The van der Waals surface area contributed by atoms with Crippen molar-refractivity contribution in [3.05, 3.63) is 71.3 Å². The predicted octanol–water partition coefficient (Wildman–Crippen LogP) is 3.84. The van der Waals surface area contributed by atoms with Crippen LogP contribution in [0.2, 0.25) is 0 Å². The SMILES string of the molecule is C/C(=C\CNC(=O)OCC1c2ccccc2-c2ccccc21)C(=O)NC(CC(=O)O)C1CC1. The third kappa shape index (κ3) is 5.42. The van der Waals surface area contributed by atoms with E-state index < -0.39 is 12.1 Å². The van der Waals surface area contributed by atoms with Gasteiger partial charge in [-0.15, -0.1) is 0 Å². The Morgan fingerprint density at radius 3 is 2.24 bits per heavy atom. The van der Waals surface area contributed by atoms with Crippen molar-refractivity contribution in [2.45, 2.75) is 38.1 Å². The van der Waals surface area contributed by atoms with Crippen LogP contribution in [0.4, 0.5) is 4.79 Å². The molecule has 3 N–H and O–H groups in total. The molecule has 1 atom stereocenters. The van der Waals surface area contributed by atoms with E-state index in [0.717, 1.165) is 24.0 Å². The van der Waals surface area contributed by atoms with Crippen molar-refractivity contribution in [3.63, 3.8) is 0 Å². The van der Waals surface area contributed by atoms with E-state index >= 15 is 0 Å². The third-order valence-electron chi connectivity index (χ3n) is 6.26. The molecule has 1 unspecified atom stereocenters. The Labute approximate surface area is 192 Å². The maximum atomic E-state index is 12.4. The second-order valence-corrected chi connectivity index (χ2v) is 8.61. The van der Waals surface area contributed by atoms with Crippen LogP contribution in [0.15, 0.2) is 60.2 Å². The van der Waals surface area contributed by atoms with Crippen LogP contribution in [0.5, 0.6) is 0 Å². The predicted molar refractivity (Wildman–Crippen MR) is 124 cm³/mol. The number of alkyl carbamates (subject to hydrolysis) is 1. The molecular weight excluding hydrogens is 420 g/mol. The molecule has 7 nitrogen and oxygen atoms in total. The number of aliphatic carboxylic acids is 1. The number of carboxylic acid groups (broad SMARTS) is 1.